The highest BCUT2D eigenvalue weighted by atomic mass is 16.5. The number of unbranched alkanes of at least 4 members (excludes halogenated alkanes) is 2. The van der Waals surface area contributed by atoms with E-state index in [1.165, 1.54) is 6.42 Å². The van der Waals surface area contributed by atoms with Crippen LogP contribution < -0.4 is 0 Å². The van der Waals surface area contributed by atoms with Crippen molar-refractivity contribution in [3.63, 3.8) is 0 Å². The molecule has 0 radical (unpaired) electrons. The van der Waals surface area contributed by atoms with Crippen molar-refractivity contribution < 1.29 is 4.74 Å². The Bertz CT molecular complexity index is 385. The Morgan fingerprint density at radius 1 is 1.05 bits per heavy atom. The lowest BCUT2D eigenvalue weighted by Gasteiger charge is -2.19. The van der Waals surface area contributed by atoms with Crippen LogP contribution in [0.15, 0.2) is 6.20 Å². The van der Waals surface area contributed by atoms with Gasteiger partial charge in [0.1, 0.15) is 0 Å². The molecule has 4 nitrogen and oxygen atoms in total. The van der Waals surface area contributed by atoms with Crippen LogP contribution in [0.25, 0.3) is 0 Å². The van der Waals surface area contributed by atoms with Gasteiger partial charge >= 0.3 is 0 Å². The smallest absolute Gasteiger partial charge is 0.0832 e. The highest BCUT2D eigenvalue weighted by molar-refractivity contribution is 4.95. The van der Waals surface area contributed by atoms with Crippen LogP contribution in [0.4, 0.5) is 0 Å². The molecule has 1 aromatic rings. The van der Waals surface area contributed by atoms with Gasteiger partial charge in [0.05, 0.1) is 11.3 Å². The lowest BCUT2D eigenvalue weighted by molar-refractivity contribution is -0.00480. The zero-order valence-electron chi connectivity index (χ0n) is 14.1. The molecule has 1 aromatic heterocycles. The Balaban J connectivity index is 2.17. The molecule has 0 fully saturated rings. The molecule has 0 atom stereocenters. The van der Waals surface area contributed by atoms with E-state index in [4.69, 9.17) is 4.74 Å². The Kier molecular flexibility index (Phi) is 6.18. The molecule has 116 valence electrons. The summed E-state index contributed by atoms with van der Waals surface area (Å²) in [6, 6.07) is 0. The van der Waals surface area contributed by atoms with Crippen LogP contribution in [0.1, 0.15) is 66.5 Å². The predicted octanol–water partition coefficient (Wildman–Crippen LogP) is 3.85. The first-order valence-corrected chi connectivity index (χ1v) is 7.69. The molecule has 0 saturated carbocycles. The lowest BCUT2D eigenvalue weighted by atomic mass is 9.91. The predicted molar refractivity (Wildman–Crippen MR) is 82.7 cm³/mol. The van der Waals surface area contributed by atoms with Crippen molar-refractivity contribution in [3.8, 4) is 0 Å². The van der Waals surface area contributed by atoms with Crippen molar-refractivity contribution in [3.05, 3.63) is 11.9 Å². The highest BCUT2D eigenvalue weighted by Gasteiger charge is 2.13. The van der Waals surface area contributed by atoms with Crippen LogP contribution in [0.3, 0.4) is 0 Å². The van der Waals surface area contributed by atoms with Gasteiger partial charge in [-0.3, -0.25) is 4.68 Å². The number of aryl methyl sites for hydroxylation is 1. The molecule has 0 aromatic carbocycles. The fraction of sp³-hybridized carbons (Fsp3) is 0.875. The second kappa shape index (κ2) is 7.21. The van der Waals surface area contributed by atoms with Crippen molar-refractivity contribution in [2.45, 2.75) is 79.4 Å². The topological polar surface area (TPSA) is 39.9 Å². The number of nitrogens with zero attached hydrogens (tertiary/aromatic N) is 3. The summed E-state index contributed by atoms with van der Waals surface area (Å²) in [6.45, 7) is 14.8. The van der Waals surface area contributed by atoms with E-state index >= 15 is 0 Å². The molecule has 0 N–H and O–H groups in total. The number of rotatable bonds is 7. The molecule has 0 unspecified atom stereocenters. The van der Waals surface area contributed by atoms with Crippen molar-refractivity contribution in [1.29, 1.82) is 0 Å². The maximum Gasteiger partial charge on any atom is 0.0832 e. The van der Waals surface area contributed by atoms with E-state index < -0.39 is 0 Å². The SMILES string of the molecule is CC(C)(C)Cc1cn(CCCCCOC(C)(C)C)nn1. The lowest BCUT2D eigenvalue weighted by Crippen LogP contribution is -2.19. The molecule has 20 heavy (non-hydrogen) atoms. The van der Waals surface area contributed by atoms with Crippen molar-refractivity contribution in [2.24, 2.45) is 5.41 Å². The zero-order valence-corrected chi connectivity index (χ0v) is 14.1. The van der Waals surface area contributed by atoms with Crippen LogP contribution >= 0.6 is 0 Å². The van der Waals surface area contributed by atoms with Gasteiger partial charge in [-0.25, -0.2) is 0 Å². The first-order chi connectivity index (χ1) is 9.16. The molecule has 0 bridgehead atoms. The number of ether oxygens (including phenoxy) is 1. The van der Waals surface area contributed by atoms with Crippen LogP contribution in [0.2, 0.25) is 0 Å². The number of hydrogen-bond donors (Lipinski definition) is 0. The van der Waals surface area contributed by atoms with E-state index in [0.29, 0.717) is 0 Å². The quantitative estimate of drug-likeness (QED) is 0.713. The number of hydrogen-bond acceptors (Lipinski definition) is 3. The number of aromatic nitrogens is 3. The first kappa shape index (κ1) is 17.2. The Labute approximate surface area is 123 Å². The average molecular weight is 281 g/mol. The van der Waals surface area contributed by atoms with Crippen molar-refractivity contribution in [2.75, 3.05) is 6.61 Å². The molecule has 0 saturated heterocycles. The molecule has 1 heterocycles. The summed E-state index contributed by atoms with van der Waals surface area (Å²) in [5.74, 6) is 0. The van der Waals surface area contributed by atoms with Crippen LogP contribution in [0, 0.1) is 5.41 Å². The Hall–Kier alpha value is -0.900. The van der Waals surface area contributed by atoms with E-state index in [-0.39, 0.29) is 11.0 Å². The molecule has 4 heteroatoms. The maximum absolute atomic E-state index is 5.71. The molecule has 1 rings (SSSR count). The van der Waals surface area contributed by atoms with Crippen LogP contribution in [0.5, 0.6) is 0 Å². The maximum atomic E-state index is 5.71. The van der Waals surface area contributed by atoms with Gasteiger partial charge in [-0.2, -0.15) is 0 Å². The summed E-state index contributed by atoms with van der Waals surface area (Å²) in [5.41, 5.74) is 1.34. The first-order valence-electron chi connectivity index (χ1n) is 7.69. The fourth-order valence-corrected chi connectivity index (χ4v) is 2.00. The zero-order chi connectivity index (χ0) is 15.2. The third-order valence-corrected chi connectivity index (χ3v) is 2.86. The summed E-state index contributed by atoms with van der Waals surface area (Å²) in [4.78, 5) is 0. The molecule has 0 aliphatic rings. The van der Waals surface area contributed by atoms with E-state index in [0.717, 1.165) is 38.1 Å². The Morgan fingerprint density at radius 2 is 1.75 bits per heavy atom. The van der Waals surface area contributed by atoms with Gasteiger partial charge in [0.2, 0.25) is 0 Å². The van der Waals surface area contributed by atoms with E-state index in [2.05, 4.69) is 58.1 Å². The molecule has 0 aliphatic heterocycles. The van der Waals surface area contributed by atoms with Crippen molar-refractivity contribution in [1.82, 2.24) is 15.0 Å². The van der Waals surface area contributed by atoms with Gasteiger partial charge in [-0.15, -0.1) is 5.10 Å². The van der Waals surface area contributed by atoms with E-state index in [1.807, 2.05) is 4.68 Å². The van der Waals surface area contributed by atoms with Gasteiger partial charge in [-0.05, 0) is 51.9 Å². The van der Waals surface area contributed by atoms with Gasteiger partial charge in [0.25, 0.3) is 0 Å². The monoisotopic (exact) mass is 281 g/mol. The van der Waals surface area contributed by atoms with Crippen LogP contribution in [-0.4, -0.2) is 27.2 Å². The third-order valence-electron chi connectivity index (χ3n) is 2.86. The molecular weight excluding hydrogens is 250 g/mol. The third kappa shape index (κ3) is 8.31. The summed E-state index contributed by atoms with van der Waals surface area (Å²) in [6.07, 6.45) is 6.47. The second-order valence-corrected chi connectivity index (χ2v) is 7.73. The summed E-state index contributed by atoms with van der Waals surface area (Å²) in [7, 11) is 0. The van der Waals surface area contributed by atoms with Gasteiger partial charge < -0.3 is 4.74 Å². The normalized spacial score (nSPS) is 12.9. The fourth-order valence-electron chi connectivity index (χ4n) is 2.00. The van der Waals surface area contributed by atoms with Crippen LogP contribution in [-0.2, 0) is 17.7 Å². The highest BCUT2D eigenvalue weighted by Crippen LogP contribution is 2.18. The molecule has 0 spiro atoms. The van der Waals surface area contributed by atoms with E-state index in [1.54, 1.807) is 0 Å². The molecular formula is C16H31N3O. The standard InChI is InChI=1S/C16H31N3O/c1-15(2,3)12-14-13-19(18-17-14)10-8-7-9-11-20-16(4,5)6/h13H,7-12H2,1-6H3. The summed E-state index contributed by atoms with van der Waals surface area (Å²) >= 11 is 0. The van der Waals surface area contributed by atoms with Gasteiger partial charge in [-0.1, -0.05) is 26.0 Å². The Morgan fingerprint density at radius 3 is 2.35 bits per heavy atom. The average Bonchev–Trinajstić information content (AvgIpc) is 2.66. The molecule has 0 aliphatic carbocycles. The van der Waals surface area contributed by atoms with E-state index in [9.17, 15) is 0 Å². The van der Waals surface area contributed by atoms with Gasteiger partial charge in [0, 0.05) is 19.3 Å². The summed E-state index contributed by atoms with van der Waals surface area (Å²) in [5, 5.41) is 8.43. The second-order valence-electron chi connectivity index (χ2n) is 7.73. The molecule has 0 amide bonds. The summed E-state index contributed by atoms with van der Waals surface area (Å²) < 4.78 is 7.67. The minimum absolute atomic E-state index is 0.0201. The van der Waals surface area contributed by atoms with Crippen molar-refractivity contribution >= 4 is 0 Å². The van der Waals surface area contributed by atoms with Gasteiger partial charge in [0.15, 0.2) is 0 Å². The largest absolute Gasteiger partial charge is 0.376 e. The minimum Gasteiger partial charge on any atom is -0.376 e. The minimum atomic E-state index is -0.0201.